The summed E-state index contributed by atoms with van der Waals surface area (Å²) in [5.41, 5.74) is 3.36. The van der Waals surface area contributed by atoms with Gasteiger partial charge in [-0.25, -0.2) is 0 Å². The Labute approximate surface area is 186 Å². The van der Waals surface area contributed by atoms with Crippen LogP contribution in [0, 0.1) is 0 Å². The van der Waals surface area contributed by atoms with Crippen LogP contribution in [-0.2, 0) is 0 Å². The molecule has 2 aliphatic rings. The summed E-state index contributed by atoms with van der Waals surface area (Å²) in [6.07, 6.45) is 7.45. The number of rotatable bonds is 4. The highest BCUT2D eigenvalue weighted by molar-refractivity contribution is 6.10. The third-order valence-corrected chi connectivity index (χ3v) is 6.12. The first-order valence-electron chi connectivity index (χ1n) is 10.9. The molecule has 0 saturated heterocycles. The predicted molar refractivity (Wildman–Crippen MR) is 125 cm³/mol. The van der Waals surface area contributed by atoms with Gasteiger partial charge >= 0.3 is 0 Å². The van der Waals surface area contributed by atoms with Gasteiger partial charge in [0.1, 0.15) is 17.1 Å². The molecule has 0 unspecified atom stereocenters. The van der Waals surface area contributed by atoms with Gasteiger partial charge in [0.15, 0.2) is 0 Å². The van der Waals surface area contributed by atoms with Gasteiger partial charge in [-0.3, -0.25) is 14.8 Å². The van der Waals surface area contributed by atoms with Crippen LogP contribution in [0.5, 0.6) is 11.5 Å². The number of nitrogens with zero attached hydrogens (tertiary/aromatic N) is 4. The zero-order valence-corrected chi connectivity index (χ0v) is 17.5. The molecule has 1 saturated carbocycles. The van der Waals surface area contributed by atoms with Crippen LogP contribution >= 0.6 is 0 Å². The molecule has 3 heterocycles. The van der Waals surface area contributed by atoms with E-state index in [1.54, 1.807) is 24.7 Å². The van der Waals surface area contributed by atoms with Gasteiger partial charge in [0.05, 0.1) is 16.9 Å². The fourth-order valence-electron chi connectivity index (χ4n) is 4.42. The van der Waals surface area contributed by atoms with Gasteiger partial charge < -0.3 is 14.5 Å². The summed E-state index contributed by atoms with van der Waals surface area (Å²) >= 11 is 0. The molecule has 1 aliphatic heterocycles. The van der Waals surface area contributed by atoms with Crippen molar-refractivity contribution in [2.75, 3.05) is 22.9 Å². The number of amides is 1. The van der Waals surface area contributed by atoms with E-state index in [9.17, 15) is 4.79 Å². The van der Waals surface area contributed by atoms with E-state index >= 15 is 0 Å². The first-order valence-corrected chi connectivity index (χ1v) is 10.9. The maximum atomic E-state index is 13.7. The van der Waals surface area contributed by atoms with Crippen molar-refractivity contribution in [2.45, 2.75) is 18.9 Å². The molecule has 2 aromatic carbocycles. The number of fused-ring (bicyclic) bond motifs is 2. The monoisotopic (exact) mass is 422 g/mol. The molecule has 0 N–H and O–H groups in total. The first kappa shape index (κ1) is 18.8. The fourth-order valence-corrected chi connectivity index (χ4v) is 4.42. The third-order valence-electron chi connectivity index (χ3n) is 6.12. The van der Waals surface area contributed by atoms with E-state index in [4.69, 9.17) is 4.74 Å². The lowest BCUT2D eigenvalue weighted by Gasteiger charge is -2.38. The summed E-state index contributed by atoms with van der Waals surface area (Å²) in [6, 6.07) is 20.1. The topological polar surface area (TPSA) is 58.6 Å². The zero-order chi connectivity index (χ0) is 21.5. The minimum Gasteiger partial charge on any atom is -0.456 e. The summed E-state index contributed by atoms with van der Waals surface area (Å²) in [5.74, 6) is 1.05. The number of hydrogen-bond acceptors (Lipinski definition) is 5. The van der Waals surface area contributed by atoms with Crippen LogP contribution in [0.4, 0.5) is 11.4 Å². The molecule has 0 atom stereocenters. The van der Waals surface area contributed by atoms with Crippen molar-refractivity contribution in [1.29, 1.82) is 0 Å². The van der Waals surface area contributed by atoms with Crippen LogP contribution in [0.3, 0.4) is 0 Å². The minimum absolute atomic E-state index is 0.102. The molecule has 1 fully saturated rings. The molecule has 4 aromatic rings. The SMILES string of the molecule is O=C(c1cnccc1Oc1cccc2ncccc12)N1CCN(C2CC2)c2ccccc21. The lowest BCUT2D eigenvalue weighted by molar-refractivity contribution is 0.0984. The molecule has 2 aromatic heterocycles. The van der Waals surface area contributed by atoms with E-state index in [2.05, 4.69) is 20.9 Å². The summed E-state index contributed by atoms with van der Waals surface area (Å²) < 4.78 is 6.25. The van der Waals surface area contributed by atoms with Crippen LogP contribution in [0.15, 0.2) is 79.3 Å². The number of pyridine rings is 2. The standard InChI is InChI=1S/C26H22N4O2/c31-26(30-16-15-29(18-10-11-18)22-7-1-2-8-23(22)30)20-17-27-14-12-25(20)32-24-9-3-6-21-19(24)5-4-13-28-21/h1-9,12-14,17-18H,10-11,15-16H2. The molecule has 1 aliphatic carbocycles. The molecule has 0 radical (unpaired) electrons. The lowest BCUT2D eigenvalue weighted by Crippen LogP contribution is -2.45. The second-order valence-corrected chi connectivity index (χ2v) is 8.17. The van der Waals surface area contributed by atoms with Crippen LogP contribution in [0.2, 0.25) is 0 Å². The normalized spacial score (nSPS) is 15.5. The van der Waals surface area contributed by atoms with Crippen molar-refractivity contribution < 1.29 is 9.53 Å². The molecule has 0 spiro atoms. The molecule has 0 bridgehead atoms. The molecule has 6 heteroatoms. The van der Waals surface area contributed by atoms with Gasteiger partial charge in [0, 0.05) is 43.1 Å². The van der Waals surface area contributed by atoms with E-state index in [0.29, 0.717) is 29.6 Å². The Hall–Kier alpha value is -3.93. The fraction of sp³-hybridized carbons (Fsp3) is 0.192. The van der Waals surface area contributed by atoms with Gasteiger partial charge in [-0.2, -0.15) is 0 Å². The number of carbonyl (C=O) groups excluding carboxylic acids is 1. The first-order chi connectivity index (χ1) is 15.8. The Morgan fingerprint density at radius 1 is 0.875 bits per heavy atom. The van der Waals surface area contributed by atoms with Gasteiger partial charge in [-0.15, -0.1) is 0 Å². The number of carbonyl (C=O) groups is 1. The Morgan fingerprint density at radius 2 is 1.75 bits per heavy atom. The predicted octanol–water partition coefficient (Wildman–Crippen LogP) is 5.05. The summed E-state index contributed by atoms with van der Waals surface area (Å²) in [4.78, 5) is 26.6. The highest BCUT2D eigenvalue weighted by Crippen LogP contribution is 2.41. The largest absolute Gasteiger partial charge is 0.456 e. The van der Waals surface area contributed by atoms with Crippen molar-refractivity contribution >= 4 is 28.2 Å². The van der Waals surface area contributed by atoms with Crippen LogP contribution in [0.25, 0.3) is 10.9 Å². The number of hydrogen-bond donors (Lipinski definition) is 0. The minimum atomic E-state index is -0.102. The van der Waals surface area contributed by atoms with E-state index in [0.717, 1.165) is 28.8 Å². The molecule has 32 heavy (non-hydrogen) atoms. The Bertz CT molecular complexity index is 1310. The van der Waals surface area contributed by atoms with Crippen LogP contribution in [-0.4, -0.2) is 35.0 Å². The quantitative estimate of drug-likeness (QED) is 0.461. The van der Waals surface area contributed by atoms with Crippen molar-refractivity contribution in [3.05, 3.63) is 84.8 Å². The maximum Gasteiger partial charge on any atom is 0.263 e. The second kappa shape index (κ2) is 7.64. The van der Waals surface area contributed by atoms with E-state index in [-0.39, 0.29) is 5.91 Å². The highest BCUT2D eigenvalue weighted by atomic mass is 16.5. The van der Waals surface area contributed by atoms with Crippen molar-refractivity contribution in [1.82, 2.24) is 9.97 Å². The highest BCUT2D eigenvalue weighted by Gasteiger charge is 2.36. The molecule has 1 amide bonds. The van der Waals surface area contributed by atoms with Gasteiger partial charge in [0.2, 0.25) is 0 Å². The van der Waals surface area contributed by atoms with Gasteiger partial charge in [-0.05, 0) is 55.3 Å². The van der Waals surface area contributed by atoms with Crippen molar-refractivity contribution in [3.8, 4) is 11.5 Å². The smallest absolute Gasteiger partial charge is 0.263 e. The lowest BCUT2D eigenvalue weighted by atomic mass is 10.1. The summed E-state index contributed by atoms with van der Waals surface area (Å²) in [5, 5.41) is 0.897. The van der Waals surface area contributed by atoms with Crippen LogP contribution in [0.1, 0.15) is 23.2 Å². The second-order valence-electron chi connectivity index (χ2n) is 8.17. The molecular formula is C26H22N4O2. The summed E-state index contributed by atoms with van der Waals surface area (Å²) in [7, 11) is 0. The zero-order valence-electron chi connectivity index (χ0n) is 17.5. The Morgan fingerprint density at radius 3 is 2.62 bits per heavy atom. The average Bonchev–Trinajstić information content (AvgIpc) is 3.69. The van der Waals surface area contributed by atoms with Crippen molar-refractivity contribution in [3.63, 3.8) is 0 Å². The maximum absolute atomic E-state index is 13.7. The van der Waals surface area contributed by atoms with Gasteiger partial charge in [-0.1, -0.05) is 18.2 Å². The number of benzene rings is 2. The molecule has 6 rings (SSSR count). The molecule has 6 nitrogen and oxygen atoms in total. The average molecular weight is 422 g/mol. The van der Waals surface area contributed by atoms with Gasteiger partial charge in [0.25, 0.3) is 5.91 Å². The van der Waals surface area contributed by atoms with E-state index in [1.165, 1.54) is 12.8 Å². The third kappa shape index (κ3) is 3.24. The Kier molecular flexibility index (Phi) is 4.49. The van der Waals surface area contributed by atoms with Crippen LogP contribution < -0.4 is 14.5 Å². The van der Waals surface area contributed by atoms with Crippen molar-refractivity contribution in [2.24, 2.45) is 0 Å². The number of para-hydroxylation sites is 2. The number of anilines is 2. The van der Waals surface area contributed by atoms with E-state index < -0.39 is 0 Å². The molecular weight excluding hydrogens is 400 g/mol. The molecule has 158 valence electrons. The summed E-state index contributed by atoms with van der Waals surface area (Å²) in [6.45, 7) is 1.47. The number of ether oxygens (including phenoxy) is 1. The van der Waals surface area contributed by atoms with E-state index in [1.807, 2.05) is 53.4 Å². The number of aromatic nitrogens is 2. The Balaban J connectivity index is 1.36.